The Morgan fingerprint density at radius 2 is 2.00 bits per heavy atom. The molecule has 3 N–H and O–H groups in total. The van der Waals surface area contributed by atoms with Gasteiger partial charge in [0.25, 0.3) is 0 Å². The molecular weight excluding hydrogens is 262 g/mol. The van der Waals surface area contributed by atoms with Crippen LogP contribution in [0.5, 0.6) is 0 Å². The maximum Gasteiger partial charge on any atom is 0.232 e. The fourth-order valence-electron chi connectivity index (χ4n) is 2.52. The first-order valence-corrected chi connectivity index (χ1v) is 7.02. The van der Waals surface area contributed by atoms with Gasteiger partial charge in [-0.3, -0.25) is 9.69 Å². The molecule has 4 heteroatoms. The Morgan fingerprint density at radius 1 is 1.38 bits per heavy atom. The maximum atomic E-state index is 12.1. The van der Waals surface area contributed by atoms with Gasteiger partial charge in [0.2, 0.25) is 5.91 Å². The molecule has 1 fully saturated rings. The number of nitrogens with two attached hydrogens (primary N) is 1. The van der Waals surface area contributed by atoms with Crippen LogP contribution < -0.4 is 11.1 Å². The molecule has 0 saturated carbocycles. The molecule has 1 amide bonds. The average Bonchev–Trinajstić information content (AvgIpc) is 2.84. The third-order valence-corrected chi connectivity index (χ3v) is 3.62. The lowest BCUT2D eigenvalue weighted by molar-refractivity contribution is -0.128. The first-order valence-electron chi connectivity index (χ1n) is 7.02. The van der Waals surface area contributed by atoms with Crippen LogP contribution in [0.25, 0.3) is 0 Å². The summed E-state index contributed by atoms with van der Waals surface area (Å²) in [5.41, 5.74) is 6.33. The number of benzene rings is 1. The molecular formula is C17H25N3O. The quantitative estimate of drug-likeness (QED) is 0.835. The first-order chi connectivity index (χ1) is 9.99. The van der Waals surface area contributed by atoms with Crippen LogP contribution >= 0.6 is 0 Å². The number of nitrogens with one attached hydrogen (secondary N) is 1. The fourth-order valence-corrected chi connectivity index (χ4v) is 2.52. The van der Waals surface area contributed by atoms with Crippen molar-refractivity contribution >= 4 is 5.91 Å². The summed E-state index contributed by atoms with van der Waals surface area (Å²) >= 11 is 0. The zero-order valence-corrected chi connectivity index (χ0v) is 12.8. The molecule has 1 atom stereocenters. The van der Waals surface area contributed by atoms with Gasteiger partial charge >= 0.3 is 0 Å². The smallest absolute Gasteiger partial charge is 0.232 e. The van der Waals surface area contributed by atoms with Crippen molar-refractivity contribution in [1.29, 1.82) is 0 Å². The molecule has 0 aromatic heterocycles. The molecule has 1 aliphatic heterocycles. The second-order valence-electron chi connectivity index (χ2n) is 5.49. The SMILES string of the molecule is C=C.C=C(N)NC(=O)C1(C)CCN(Cc2ccccc2)C1. The second-order valence-corrected chi connectivity index (χ2v) is 5.49. The van der Waals surface area contributed by atoms with E-state index >= 15 is 0 Å². The van der Waals surface area contributed by atoms with Gasteiger partial charge in [0.1, 0.15) is 0 Å². The van der Waals surface area contributed by atoms with Crippen LogP contribution in [0.15, 0.2) is 55.9 Å². The fraction of sp³-hybridized carbons (Fsp3) is 0.353. The van der Waals surface area contributed by atoms with Crippen LogP contribution in [0.4, 0.5) is 0 Å². The van der Waals surface area contributed by atoms with E-state index in [1.54, 1.807) is 0 Å². The topological polar surface area (TPSA) is 58.4 Å². The number of rotatable bonds is 4. The van der Waals surface area contributed by atoms with Crippen molar-refractivity contribution < 1.29 is 4.79 Å². The summed E-state index contributed by atoms with van der Waals surface area (Å²) in [4.78, 5) is 14.4. The summed E-state index contributed by atoms with van der Waals surface area (Å²) in [7, 11) is 0. The number of amides is 1. The van der Waals surface area contributed by atoms with Gasteiger partial charge in [-0.2, -0.15) is 0 Å². The van der Waals surface area contributed by atoms with E-state index < -0.39 is 0 Å². The monoisotopic (exact) mass is 287 g/mol. The van der Waals surface area contributed by atoms with Crippen molar-refractivity contribution in [2.24, 2.45) is 11.1 Å². The Bertz CT molecular complexity index is 486. The lowest BCUT2D eigenvalue weighted by atomic mass is 9.89. The molecule has 1 aromatic carbocycles. The number of hydrogen-bond donors (Lipinski definition) is 2. The van der Waals surface area contributed by atoms with E-state index in [9.17, 15) is 4.79 Å². The Morgan fingerprint density at radius 3 is 2.57 bits per heavy atom. The molecule has 1 heterocycles. The normalized spacial score (nSPS) is 21.2. The summed E-state index contributed by atoms with van der Waals surface area (Å²) in [5.74, 6) is 0.184. The highest BCUT2D eigenvalue weighted by Crippen LogP contribution is 2.31. The molecule has 1 aliphatic rings. The molecule has 4 nitrogen and oxygen atoms in total. The van der Waals surface area contributed by atoms with Crippen molar-refractivity contribution in [2.45, 2.75) is 19.9 Å². The van der Waals surface area contributed by atoms with Gasteiger partial charge in [0.05, 0.1) is 11.2 Å². The van der Waals surface area contributed by atoms with Crippen molar-refractivity contribution in [3.8, 4) is 0 Å². The third kappa shape index (κ3) is 4.76. The predicted molar refractivity (Wildman–Crippen MR) is 87.2 cm³/mol. The van der Waals surface area contributed by atoms with E-state index in [-0.39, 0.29) is 17.1 Å². The molecule has 21 heavy (non-hydrogen) atoms. The first kappa shape index (κ1) is 17.0. The minimum absolute atomic E-state index is 0.0319. The summed E-state index contributed by atoms with van der Waals surface area (Å²) in [5, 5.41) is 2.63. The van der Waals surface area contributed by atoms with Crippen molar-refractivity contribution in [3.63, 3.8) is 0 Å². The minimum Gasteiger partial charge on any atom is -0.386 e. The standard InChI is InChI=1S/C15H21N3O.C2H4/c1-12(16)17-14(19)15(2)8-9-18(11-15)10-13-6-4-3-5-7-13;1-2/h3-7H,1,8-11,16H2,2H3,(H,17,19);1-2H2. The van der Waals surface area contributed by atoms with Gasteiger partial charge in [0, 0.05) is 13.1 Å². The van der Waals surface area contributed by atoms with Gasteiger partial charge in [-0.1, -0.05) is 36.9 Å². The van der Waals surface area contributed by atoms with E-state index in [2.05, 4.69) is 42.1 Å². The molecule has 0 bridgehead atoms. The van der Waals surface area contributed by atoms with E-state index in [0.29, 0.717) is 0 Å². The summed E-state index contributed by atoms with van der Waals surface area (Å²) < 4.78 is 0. The Kier molecular flexibility index (Phi) is 6.18. The van der Waals surface area contributed by atoms with E-state index in [0.717, 1.165) is 26.1 Å². The van der Waals surface area contributed by atoms with Crippen molar-refractivity contribution in [1.82, 2.24) is 10.2 Å². The Hall–Kier alpha value is -2.07. The summed E-state index contributed by atoms with van der Waals surface area (Å²) in [6.07, 6.45) is 0.846. The molecule has 0 aliphatic carbocycles. The van der Waals surface area contributed by atoms with E-state index in [4.69, 9.17) is 5.73 Å². The highest BCUT2D eigenvalue weighted by Gasteiger charge is 2.40. The molecule has 1 aromatic rings. The van der Waals surface area contributed by atoms with Crippen molar-refractivity contribution in [2.75, 3.05) is 13.1 Å². The lowest BCUT2D eigenvalue weighted by Gasteiger charge is -2.23. The summed E-state index contributed by atoms with van der Waals surface area (Å²) in [6, 6.07) is 10.3. The third-order valence-electron chi connectivity index (χ3n) is 3.62. The molecule has 0 radical (unpaired) electrons. The van der Waals surface area contributed by atoms with E-state index in [1.165, 1.54) is 5.56 Å². The lowest BCUT2D eigenvalue weighted by Crippen LogP contribution is -2.41. The summed E-state index contributed by atoms with van der Waals surface area (Å²) in [6.45, 7) is 14.1. The van der Waals surface area contributed by atoms with Gasteiger partial charge in [-0.05, 0) is 25.5 Å². The highest BCUT2D eigenvalue weighted by molar-refractivity contribution is 5.84. The Balaban J connectivity index is 0.00000106. The van der Waals surface area contributed by atoms with Crippen LogP contribution in [-0.4, -0.2) is 23.9 Å². The van der Waals surface area contributed by atoms with E-state index in [1.807, 2.05) is 25.1 Å². The van der Waals surface area contributed by atoms with Gasteiger partial charge in [0.15, 0.2) is 0 Å². The molecule has 2 rings (SSSR count). The zero-order chi connectivity index (χ0) is 15.9. The number of carbonyl (C=O) groups is 1. The maximum absolute atomic E-state index is 12.1. The van der Waals surface area contributed by atoms with Crippen LogP contribution in [0.2, 0.25) is 0 Å². The van der Waals surface area contributed by atoms with Gasteiger partial charge in [-0.15, -0.1) is 13.2 Å². The van der Waals surface area contributed by atoms with Crippen LogP contribution in [-0.2, 0) is 11.3 Å². The number of likely N-dealkylation sites (tertiary alicyclic amines) is 1. The zero-order valence-electron chi connectivity index (χ0n) is 12.8. The number of hydrogen-bond acceptors (Lipinski definition) is 3. The Labute approximate surface area is 127 Å². The number of carbonyl (C=O) groups excluding carboxylic acids is 1. The second kappa shape index (κ2) is 7.64. The van der Waals surface area contributed by atoms with Crippen LogP contribution in [0.3, 0.4) is 0 Å². The largest absolute Gasteiger partial charge is 0.386 e. The predicted octanol–water partition coefficient (Wildman–Crippen LogP) is 2.25. The van der Waals surface area contributed by atoms with Gasteiger partial charge < -0.3 is 11.1 Å². The van der Waals surface area contributed by atoms with Crippen molar-refractivity contribution in [3.05, 3.63) is 61.5 Å². The number of nitrogens with zero attached hydrogens (tertiary/aromatic N) is 1. The van der Waals surface area contributed by atoms with Gasteiger partial charge in [-0.25, -0.2) is 0 Å². The molecule has 1 unspecified atom stereocenters. The molecule has 0 spiro atoms. The van der Waals surface area contributed by atoms with Crippen LogP contribution in [0, 0.1) is 5.41 Å². The molecule has 114 valence electrons. The highest BCUT2D eigenvalue weighted by atomic mass is 16.2. The molecule has 1 saturated heterocycles. The minimum atomic E-state index is -0.378. The van der Waals surface area contributed by atoms with Crippen LogP contribution in [0.1, 0.15) is 18.9 Å². The average molecular weight is 287 g/mol.